The van der Waals surface area contributed by atoms with Gasteiger partial charge in [-0.05, 0) is 30.0 Å². The third-order valence-electron chi connectivity index (χ3n) is 3.08. The van der Waals surface area contributed by atoms with E-state index in [4.69, 9.17) is 13.7 Å². The van der Waals surface area contributed by atoms with Crippen LogP contribution in [0.2, 0.25) is 0 Å². The molecular formula is C17H15NO4S. The second-order valence-corrected chi connectivity index (χ2v) is 5.97. The molecule has 0 radical (unpaired) electrons. The zero-order valence-electron chi connectivity index (χ0n) is 12.5. The minimum absolute atomic E-state index is 0.0498. The summed E-state index contributed by atoms with van der Waals surface area (Å²) < 4.78 is 15.7. The van der Waals surface area contributed by atoms with Crippen molar-refractivity contribution < 1.29 is 18.5 Å². The van der Waals surface area contributed by atoms with Crippen LogP contribution in [-0.2, 0) is 11.3 Å². The molecule has 0 aliphatic heterocycles. The molecule has 118 valence electrons. The Morgan fingerprint density at radius 2 is 2.09 bits per heavy atom. The topological polar surface area (TPSA) is 65.5 Å². The second kappa shape index (κ2) is 7.19. The molecule has 5 nitrogen and oxygen atoms in total. The third kappa shape index (κ3) is 3.65. The molecule has 0 atom stereocenters. The van der Waals surface area contributed by atoms with Crippen molar-refractivity contribution in [1.29, 1.82) is 0 Å². The Labute approximate surface area is 137 Å². The summed E-state index contributed by atoms with van der Waals surface area (Å²) in [6, 6.07) is 12.6. The second-order valence-electron chi connectivity index (χ2n) is 4.67. The number of esters is 1. The maximum Gasteiger partial charge on any atom is 0.339 e. The molecule has 1 aromatic carbocycles. The van der Waals surface area contributed by atoms with Crippen LogP contribution in [0.15, 0.2) is 62.6 Å². The molecule has 0 aliphatic rings. The fraction of sp³-hybridized carbons (Fsp3) is 0.176. The number of benzene rings is 1. The first-order valence-corrected chi connectivity index (χ1v) is 8.15. The fourth-order valence-electron chi connectivity index (χ4n) is 2.05. The molecule has 2 aromatic heterocycles. The van der Waals surface area contributed by atoms with Gasteiger partial charge in [-0.15, -0.1) is 11.8 Å². The van der Waals surface area contributed by atoms with Gasteiger partial charge < -0.3 is 13.7 Å². The molecule has 0 aliphatic carbocycles. The standard InChI is InChI=1S/C17H15NO4S/c1-2-23-16-8-4-3-6-13(16)17(19)21-11-12-10-15(22-18-12)14-7-5-9-20-14/h3-10H,2,11H2,1H3. The molecule has 23 heavy (non-hydrogen) atoms. The van der Waals surface area contributed by atoms with Gasteiger partial charge in [0.05, 0.1) is 11.8 Å². The number of thioether (sulfide) groups is 1. The van der Waals surface area contributed by atoms with Crippen LogP contribution in [0.4, 0.5) is 0 Å². The highest BCUT2D eigenvalue weighted by atomic mass is 32.2. The largest absolute Gasteiger partial charge is 0.461 e. The molecule has 0 N–H and O–H groups in total. The quantitative estimate of drug-likeness (QED) is 0.493. The lowest BCUT2D eigenvalue weighted by atomic mass is 10.2. The SMILES string of the molecule is CCSc1ccccc1C(=O)OCc1cc(-c2ccco2)on1. The van der Waals surface area contributed by atoms with Crippen LogP contribution in [0, 0.1) is 0 Å². The molecule has 0 saturated heterocycles. The van der Waals surface area contributed by atoms with Gasteiger partial charge in [0, 0.05) is 11.0 Å². The van der Waals surface area contributed by atoms with Crippen molar-refractivity contribution in [3.63, 3.8) is 0 Å². The molecule has 3 aromatic rings. The average Bonchev–Trinajstić information content (AvgIpc) is 3.24. The van der Waals surface area contributed by atoms with Crippen molar-refractivity contribution in [3.05, 3.63) is 60.0 Å². The summed E-state index contributed by atoms with van der Waals surface area (Å²) in [4.78, 5) is 13.2. The Hall–Kier alpha value is -2.47. The van der Waals surface area contributed by atoms with Gasteiger partial charge in [-0.1, -0.05) is 24.2 Å². The number of furan rings is 1. The average molecular weight is 329 g/mol. The summed E-state index contributed by atoms with van der Waals surface area (Å²) in [5, 5.41) is 3.88. The highest BCUT2D eigenvalue weighted by Crippen LogP contribution is 2.24. The van der Waals surface area contributed by atoms with Crippen molar-refractivity contribution in [2.24, 2.45) is 0 Å². The normalized spacial score (nSPS) is 10.7. The van der Waals surface area contributed by atoms with Gasteiger partial charge in [0.25, 0.3) is 0 Å². The first-order chi connectivity index (χ1) is 11.3. The van der Waals surface area contributed by atoms with Gasteiger partial charge >= 0.3 is 5.97 Å². The van der Waals surface area contributed by atoms with Gasteiger partial charge in [-0.25, -0.2) is 4.79 Å². The number of hydrogen-bond donors (Lipinski definition) is 0. The van der Waals surface area contributed by atoms with Crippen LogP contribution in [0.5, 0.6) is 0 Å². The smallest absolute Gasteiger partial charge is 0.339 e. The van der Waals surface area contributed by atoms with Crippen molar-refractivity contribution in [1.82, 2.24) is 5.16 Å². The van der Waals surface area contributed by atoms with Crippen LogP contribution in [-0.4, -0.2) is 16.9 Å². The highest BCUT2D eigenvalue weighted by molar-refractivity contribution is 7.99. The maximum absolute atomic E-state index is 12.2. The van der Waals surface area contributed by atoms with Crippen molar-refractivity contribution >= 4 is 17.7 Å². The van der Waals surface area contributed by atoms with E-state index in [2.05, 4.69) is 5.16 Å². The summed E-state index contributed by atoms with van der Waals surface area (Å²) in [6.07, 6.45) is 1.56. The number of rotatable bonds is 6. The molecule has 3 rings (SSSR count). The van der Waals surface area contributed by atoms with Gasteiger partial charge in [0.2, 0.25) is 5.76 Å². The number of hydrogen-bond acceptors (Lipinski definition) is 6. The van der Waals surface area contributed by atoms with E-state index in [1.807, 2.05) is 25.1 Å². The van der Waals surface area contributed by atoms with Crippen molar-refractivity contribution in [2.75, 3.05) is 5.75 Å². The van der Waals surface area contributed by atoms with E-state index in [-0.39, 0.29) is 12.6 Å². The zero-order chi connectivity index (χ0) is 16.1. The lowest BCUT2D eigenvalue weighted by molar-refractivity contribution is 0.0460. The summed E-state index contributed by atoms with van der Waals surface area (Å²) in [5.41, 5.74) is 1.10. The van der Waals surface area contributed by atoms with Crippen LogP contribution in [0.1, 0.15) is 23.0 Å². The van der Waals surface area contributed by atoms with Gasteiger partial charge in [0.15, 0.2) is 5.76 Å². The fourth-order valence-corrected chi connectivity index (χ4v) is 2.84. The summed E-state index contributed by atoms with van der Waals surface area (Å²) in [7, 11) is 0. The Bertz CT molecular complexity index is 780. The first-order valence-electron chi connectivity index (χ1n) is 7.16. The first kappa shape index (κ1) is 15.4. The minimum Gasteiger partial charge on any atom is -0.461 e. The maximum atomic E-state index is 12.2. The molecule has 2 heterocycles. The monoisotopic (exact) mass is 329 g/mol. The van der Waals surface area contributed by atoms with Crippen molar-refractivity contribution in [3.8, 4) is 11.5 Å². The van der Waals surface area contributed by atoms with E-state index < -0.39 is 0 Å². The lowest BCUT2D eigenvalue weighted by Gasteiger charge is -2.07. The van der Waals surface area contributed by atoms with Crippen LogP contribution < -0.4 is 0 Å². The van der Waals surface area contributed by atoms with E-state index in [1.54, 1.807) is 42.3 Å². The van der Waals surface area contributed by atoms with Gasteiger partial charge in [-0.3, -0.25) is 0 Å². The summed E-state index contributed by atoms with van der Waals surface area (Å²) >= 11 is 1.61. The van der Waals surface area contributed by atoms with Crippen LogP contribution in [0.3, 0.4) is 0 Å². The Morgan fingerprint density at radius 1 is 1.22 bits per heavy atom. The van der Waals surface area contributed by atoms with E-state index in [0.717, 1.165) is 10.6 Å². The predicted octanol–water partition coefficient (Wildman–Crippen LogP) is 4.40. The third-order valence-corrected chi connectivity index (χ3v) is 4.04. The molecule has 0 spiro atoms. The lowest BCUT2D eigenvalue weighted by Crippen LogP contribution is -2.06. The van der Waals surface area contributed by atoms with Gasteiger partial charge in [0.1, 0.15) is 12.3 Å². The number of carbonyl (C=O) groups excluding carboxylic acids is 1. The molecule has 0 fully saturated rings. The molecule has 6 heteroatoms. The van der Waals surface area contributed by atoms with Crippen LogP contribution >= 0.6 is 11.8 Å². The summed E-state index contributed by atoms with van der Waals surface area (Å²) in [5.74, 6) is 1.60. The van der Waals surface area contributed by atoms with E-state index >= 15 is 0 Å². The number of aromatic nitrogens is 1. The Balaban J connectivity index is 1.65. The summed E-state index contributed by atoms with van der Waals surface area (Å²) in [6.45, 7) is 2.09. The molecule has 0 saturated carbocycles. The van der Waals surface area contributed by atoms with E-state index in [0.29, 0.717) is 22.8 Å². The molecule has 0 amide bonds. The van der Waals surface area contributed by atoms with E-state index in [9.17, 15) is 4.79 Å². The Morgan fingerprint density at radius 3 is 2.87 bits per heavy atom. The molecular weight excluding hydrogens is 314 g/mol. The van der Waals surface area contributed by atoms with Gasteiger partial charge in [-0.2, -0.15) is 0 Å². The number of nitrogens with zero attached hydrogens (tertiary/aromatic N) is 1. The van der Waals surface area contributed by atoms with Crippen LogP contribution in [0.25, 0.3) is 11.5 Å². The molecule has 0 unspecified atom stereocenters. The van der Waals surface area contributed by atoms with E-state index in [1.165, 1.54) is 0 Å². The molecule has 0 bridgehead atoms. The number of carbonyl (C=O) groups is 1. The highest BCUT2D eigenvalue weighted by Gasteiger charge is 2.14. The van der Waals surface area contributed by atoms with Crippen molar-refractivity contribution in [2.45, 2.75) is 18.4 Å². The minimum atomic E-state index is -0.371. The zero-order valence-corrected chi connectivity index (χ0v) is 13.3. The Kier molecular flexibility index (Phi) is 4.83. The predicted molar refractivity (Wildman–Crippen MR) is 86.2 cm³/mol. The number of ether oxygens (including phenoxy) is 1.